The Morgan fingerprint density at radius 3 is 2.62 bits per heavy atom. The molecule has 72 valence electrons. The first kappa shape index (κ1) is 11.0. The Labute approximate surface area is 95.3 Å². The van der Waals surface area contributed by atoms with E-state index < -0.39 is 0 Å². The largest absolute Gasteiger partial charge is 0.495 e. The summed E-state index contributed by atoms with van der Waals surface area (Å²) in [6, 6.07) is 3.40. The number of nitrogens with one attached hydrogen (secondary N) is 1. The third-order valence-corrected chi connectivity index (χ3v) is 2.39. The lowest BCUT2D eigenvalue weighted by Gasteiger charge is -2.08. The van der Waals surface area contributed by atoms with E-state index in [9.17, 15) is 0 Å². The van der Waals surface area contributed by atoms with Crippen LogP contribution in [0.4, 0.5) is 5.69 Å². The molecule has 1 N–H and O–H groups in total. The second kappa shape index (κ2) is 4.94. The van der Waals surface area contributed by atoms with Crippen molar-refractivity contribution < 1.29 is 4.74 Å². The molecule has 2 nitrogen and oxygen atoms in total. The van der Waals surface area contributed by atoms with E-state index in [4.69, 9.17) is 27.9 Å². The zero-order chi connectivity index (χ0) is 9.84. The molecule has 1 aromatic rings. The lowest BCUT2D eigenvalue weighted by Crippen LogP contribution is -1.95. The van der Waals surface area contributed by atoms with E-state index in [1.54, 1.807) is 19.2 Å². The first-order chi connectivity index (χ1) is 6.19. The second-order valence-electron chi connectivity index (χ2n) is 2.28. The maximum absolute atomic E-state index is 5.94. The van der Waals surface area contributed by atoms with Crippen LogP contribution in [-0.2, 0) is 0 Å². The Bertz CT molecular complexity index is 306. The lowest BCUT2D eigenvalue weighted by atomic mass is 10.3. The van der Waals surface area contributed by atoms with Gasteiger partial charge in [0, 0.05) is 6.07 Å². The summed E-state index contributed by atoms with van der Waals surface area (Å²) in [7, 11) is 1.55. The highest BCUT2D eigenvalue weighted by molar-refractivity contribution is 9.09. The van der Waals surface area contributed by atoms with Gasteiger partial charge in [-0.2, -0.15) is 0 Å². The third kappa shape index (κ3) is 2.66. The average molecular weight is 285 g/mol. The van der Waals surface area contributed by atoms with E-state index >= 15 is 0 Å². The number of rotatable bonds is 3. The van der Waals surface area contributed by atoms with Crippen LogP contribution in [-0.4, -0.2) is 12.6 Å². The van der Waals surface area contributed by atoms with Gasteiger partial charge >= 0.3 is 0 Å². The van der Waals surface area contributed by atoms with Crippen LogP contribution in [0.1, 0.15) is 0 Å². The minimum absolute atomic E-state index is 0.537. The highest BCUT2D eigenvalue weighted by atomic mass is 79.9. The van der Waals surface area contributed by atoms with Gasteiger partial charge in [-0.1, -0.05) is 39.1 Å². The molecule has 0 spiro atoms. The summed E-state index contributed by atoms with van der Waals surface area (Å²) in [5.74, 6) is 0.576. The van der Waals surface area contributed by atoms with Crippen LogP contribution in [0.5, 0.6) is 5.75 Å². The van der Waals surface area contributed by atoms with Crippen LogP contribution in [0.3, 0.4) is 0 Å². The summed E-state index contributed by atoms with van der Waals surface area (Å²) in [6.45, 7) is 0. The Kier molecular flexibility index (Phi) is 4.16. The Hall–Kier alpha value is -0.120. The third-order valence-electron chi connectivity index (χ3n) is 1.50. The molecule has 0 fully saturated rings. The fourth-order valence-corrected chi connectivity index (χ4v) is 1.66. The summed E-state index contributed by atoms with van der Waals surface area (Å²) in [5.41, 5.74) is 1.40. The molecule has 0 aliphatic carbocycles. The number of alkyl halides is 1. The predicted molar refractivity (Wildman–Crippen MR) is 60.4 cm³/mol. The van der Waals surface area contributed by atoms with Crippen molar-refractivity contribution in [3.05, 3.63) is 22.2 Å². The summed E-state index contributed by atoms with van der Waals surface area (Å²) < 4.78 is 5.00. The zero-order valence-corrected chi connectivity index (χ0v) is 10.0. The van der Waals surface area contributed by atoms with Crippen LogP contribution < -0.4 is 10.1 Å². The zero-order valence-electron chi connectivity index (χ0n) is 6.90. The number of benzene rings is 1. The second-order valence-corrected chi connectivity index (χ2v) is 3.65. The first-order valence-corrected chi connectivity index (χ1v) is 5.39. The molecule has 0 aliphatic heterocycles. The van der Waals surface area contributed by atoms with Gasteiger partial charge in [0.1, 0.15) is 5.75 Å². The molecule has 1 rings (SSSR count). The molecule has 0 unspecified atom stereocenters. The predicted octanol–water partition coefficient (Wildman–Crippen LogP) is 3.77. The van der Waals surface area contributed by atoms with Gasteiger partial charge in [-0.3, -0.25) is 0 Å². The van der Waals surface area contributed by atoms with Crippen molar-refractivity contribution in [3.8, 4) is 5.75 Å². The molecular formula is C8H8BrCl2NO. The number of hydrogen-bond acceptors (Lipinski definition) is 2. The molecule has 0 saturated heterocycles. The van der Waals surface area contributed by atoms with Crippen LogP contribution in [0, 0.1) is 0 Å². The summed E-state index contributed by atoms with van der Waals surface area (Å²) in [4.78, 5) is 0. The highest BCUT2D eigenvalue weighted by Gasteiger charge is 2.06. The van der Waals surface area contributed by atoms with Gasteiger partial charge in [0.2, 0.25) is 0 Å². The van der Waals surface area contributed by atoms with Gasteiger partial charge in [-0.05, 0) is 6.07 Å². The Morgan fingerprint density at radius 1 is 1.38 bits per heavy atom. The molecule has 13 heavy (non-hydrogen) atoms. The SMILES string of the molecule is COc1cc(Cl)c(NCBr)cc1Cl. The minimum atomic E-state index is 0.537. The number of methoxy groups -OCH3 is 1. The highest BCUT2D eigenvalue weighted by Crippen LogP contribution is 2.33. The van der Waals surface area contributed by atoms with Crippen molar-refractivity contribution >= 4 is 44.8 Å². The van der Waals surface area contributed by atoms with Gasteiger partial charge in [-0.25, -0.2) is 0 Å². The number of anilines is 1. The maximum Gasteiger partial charge on any atom is 0.139 e. The molecule has 0 radical (unpaired) electrons. The molecule has 0 heterocycles. The van der Waals surface area contributed by atoms with Crippen molar-refractivity contribution in [2.24, 2.45) is 0 Å². The molecule has 0 atom stereocenters. The normalized spacial score (nSPS) is 9.85. The average Bonchev–Trinajstić information content (AvgIpc) is 2.11. The van der Waals surface area contributed by atoms with Gasteiger partial charge in [0.05, 0.1) is 28.3 Å². The van der Waals surface area contributed by atoms with E-state index in [1.807, 2.05) is 0 Å². The van der Waals surface area contributed by atoms with Crippen molar-refractivity contribution in [1.82, 2.24) is 0 Å². The van der Waals surface area contributed by atoms with Gasteiger partial charge in [-0.15, -0.1) is 0 Å². The minimum Gasteiger partial charge on any atom is -0.495 e. The Morgan fingerprint density at radius 2 is 2.08 bits per heavy atom. The monoisotopic (exact) mass is 283 g/mol. The standard InChI is InChI=1S/C8H8BrCl2NO/c1-13-8-3-5(10)7(12-4-9)2-6(8)11/h2-3,12H,4H2,1H3. The van der Waals surface area contributed by atoms with E-state index in [-0.39, 0.29) is 0 Å². The molecule has 1 aromatic carbocycles. The van der Waals surface area contributed by atoms with Crippen molar-refractivity contribution in [3.63, 3.8) is 0 Å². The van der Waals surface area contributed by atoms with Crippen LogP contribution >= 0.6 is 39.1 Å². The quantitative estimate of drug-likeness (QED) is 0.674. The van der Waals surface area contributed by atoms with E-state index in [2.05, 4.69) is 21.2 Å². The summed E-state index contributed by atoms with van der Waals surface area (Å²) in [6.07, 6.45) is 0. The fraction of sp³-hybridized carbons (Fsp3) is 0.250. The molecule has 0 bridgehead atoms. The Balaban J connectivity index is 3.05. The maximum atomic E-state index is 5.94. The first-order valence-electron chi connectivity index (χ1n) is 3.52. The molecular weight excluding hydrogens is 277 g/mol. The molecule has 0 aromatic heterocycles. The van der Waals surface area contributed by atoms with E-state index in [0.717, 1.165) is 5.69 Å². The lowest BCUT2D eigenvalue weighted by molar-refractivity contribution is 0.415. The van der Waals surface area contributed by atoms with Crippen LogP contribution in [0.15, 0.2) is 12.1 Å². The number of hydrogen-bond donors (Lipinski definition) is 1. The number of ether oxygens (including phenoxy) is 1. The van der Waals surface area contributed by atoms with E-state index in [1.165, 1.54) is 0 Å². The van der Waals surface area contributed by atoms with E-state index in [0.29, 0.717) is 21.2 Å². The molecule has 5 heteroatoms. The molecule has 0 saturated carbocycles. The van der Waals surface area contributed by atoms with Gasteiger partial charge in [0.15, 0.2) is 0 Å². The number of halogens is 3. The van der Waals surface area contributed by atoms with Crippen LogP contribution in [0.2, 0.25) is 10.0 Å². The molecule has 0 aliphatic rings. The fourth-order valence-electron chi connectivity index (χ4n) is 0.892. The van der Waals surface area contributed by atoms with Crippen molar-refractivity contribution in [2.75, 3.05) is 17.9 Å². The molecule has 0 amide bonds. The summed E-state index contributed by atoms with van der Waals surface area (Å²) >= 11 is 15.1. The summed E-state index contributed by atoms with van der Waals surface area (Å²) in [5, 5.41) is 4.13. The smallest absolute Gasteiger partial charge is 0.139 e. The van der Waals surface area contributed by atoms with Crippen molar-refractivity contribution in [2.45, 2.75) is 0 Å². The topological polar surface area (TPSA) is 21.3 Å². The van der Waals surface area contributed by atoms with Gasteiger partial charge < -0.3 is 10.1 Å². The van der Waals surface area contributed by atoms with Gasteiger partial charge in [0.25, 0.3) is 0 Å². The van der Waals surface area contributed by atoms with Crippen molar-refractivity contribution in [1.29, 1.82) is 0 Å². The van der Waals surface area contributed by atoms with Crippen LogP contribution in [0.25, 0.3) is 0 Å².